The van der Waals surface area contributed by atoms with Gasteiger partial charge in [0.1, 0.15) is 11.4 Å². The van der Waals surface area contributed by atoms with Gasteiger partial charge in [0.2, 0.25) is 0 Å². The normalized spacial score (nSPS) is 10.1. The van der Waals surface area contributed by atoms with E-state index in [0.29, 0.717) is 5.56 Å². The molecular weight excluding hydrogens is 224 g/mol. The van der Waals surface area contributed by atoms with Gasteiger partial charge in [0.15, 0.2) is 5.69 Å². The summed E-state index contributed by atoms with van der Waals surface area (Å²) in [5, 5.41) is 17.9. The molecule has 86 valence electrons. The molecule has 0 aliphatic heterocycles. The number of phenolic OH excluding ortho intramolecular Hbond substituents is 1. The van der Waals surface area contributed by atoms with Crippen LogP contribution in [0, 0.1) is 0 Å². The summed E-state index contributed by atoms with van der Waals surface area (Å²) in [4.78, 5) is 28.3. The fraction of sp³-hybridized carbons (Fsp3) is 0. The van der Waals surface area contributed by atoms with Crippen LogP contribution in [-0.2, 0) is 0 Å². The minimum Gasteiger partial charge on any atom is -0.508 e. The Hall–Kier alpha value is -2.63. The van der Waals surface area contributed by atoms with Gasteiger partial charge in [0.05, 0.1) is 0 Å². The first kappa shape index (κ1) is 10.9. The zero-order chi connectivity index (χ0) is 12.4. The van der Waals surface area contributed by atoms with Gasteiger partial charge < -0.3 is 15.2 Å². The van der Waals surface area contributed by atoms with Gasteiger partial charge in [-0.15, -0.1) is 0 Å². The SMILES string of the molecule is O=C(O)c1c[nH]c(=O)c(-c2ccc(O)cc2)n1. The number of benzene rings is 1. The van der Waals surface area contributed by atoms with E-state index in [2.05, 4.69) is 9.97 Å². The number of H-pyrrole nitrogens is 1. The van der Waals surface area contributed by atoms with E-state index < -0.39 is 11.5 Å². The third kappa shape index (κ3) is 2.15. The minimum atomic E-state index is -1.22. The molecule has 6 heteroatoms. The maximum atomic E-state index is 11.5. The van der Waals surface area contributed by atoms with Crippen LogP contribution in [-0.4, -0.2) is 26.2 Å². The molecule has 6 nitrogen and oxygen atoms in total. The molecule has 3 N–H and O–H groups in total. The second-order valence-electron chi connectivity index (χ2n) is 3.32. The topological polar surface area (TPSA) is 103 Å². The predicted molar refractivity (Wildman–Crippen MR) is 58.9 cm³/mol. The molecule has 0 radical (unpaired) electrons. The lowest BCUT2D eigenvalue weighted by Crippen LogP contribution is -2.14. The van der Waals surface area contributed by atoms with Crippen molar-refractivity contribution in [3.63, 3.8) is 0 Å². The highest BCUT2D eigenvalue weighted by molar-refractivity contribution is 5.85. The maximum absolute atomic E-state index is 11.5. The number of hydrogen-bond acceptors (Lipinski definition) is 4. The number of aromatic hydroxyl groups is 1. The monoisotopic (exact) mass is 232 g/mol. The number of phenols is 1. The molecular formula is C11H8N2O4. The Labute approximate surface area is 95.2 Å². The summed E-state index contributed by atoms with van der Waals surface area (Å²) in [5.74, 6) is -1.17. The van der Waals surface area contributed by atoms with Crippen molar-refractivity contribution in [3.05, 3.63) is 46.5 Å². The summed E-state index contributed by atoms with van der Waals surface area (Å²) < 4.78 is 0. The fourth-order valence-electron chi connectivity index (χ4n) is 1.33. The smallest absolute Gasteiger partial charge is 0.356 e. The summed E-state index contributed by atoms with van der Waals surface area (Å²) in [5.41, 5.74) is -0.287. The van der Waals surface area contributed by atoms with E-state index in [1.54, 1.807) is 0 Å². The fourth-order valence-corrected chi connectivity index (χ4v) is 1.33. The number of hydrogen-bond donors (Lipinski definition) is 3. The molecule has 2 rings (SSSR count). The van der Waals surface area contributed by atoms with Gasteiger partial charge in [0, 0.05) is 11.8 Å². The summed E-state index contributed by atoms with van der Waals surface area (Å²) in [6.07, 6.45) is 1.04. The van der Waals surface area contributed by atoms with Crippen molar-refractivity contribution in [2.24, 2.45) is 0 Å². The molecule has 1 aromatic heterocycles. The summed E-state index contributed by atoms with van der Waals surface area (Å²) in [7, 11) is 0. The summed E-state index contributed by atoms with van der Waals surface area (Å²) in [6, 6.07) is 5.75. The number of carbonyl (C=O) groups is 1. The van der Waals surface area contributed by atoms with E-state index in [1.165, 1.54) is 24.3 Å². The molecule has 17 heavy (non-hydrogen) atoms. The van der Waals surface area contributed by atoms with Gasteiger partial charge in [-0.3, -0.25) is 4.79 Å². The van der Waals surface area contributed by atoms with Gasteiger partial charge in [-0.1, -0.05) is 0 Å². The summed E-state index contributed by atoms with van der Waals surface area (Å²) in [6.45, 7) is 0. The zero-order valence-corrected chi connectivity index (χ0v) is 8.54. The van der Waals surface area contributed by atoms with Crippen molar-refractivity contribution < 1.29 is 15.0 Å². The molecule has 0 bridgehead atoms. The average Bonchev–Trinajstić information content (AvgIpc) is 2.31. The van der Waals surface area contributed by atoms with Crippen LogP contribution in [0.2, 0.25) is 0 Å². The van der Waals surface area contributed by atoms with E-state index in [9.17, 15) is 9.59 Å². The van der Waals surface area contributed by atoms with Crippen LogP contribution < -0.4 is 5.56 Å². The summed E-state index contributed by atoms with van der Waals surface area (Å²) >= 11 is 0. The molecule has 2 aromatic rings. The minimum absolute atomic E-state index is 0.00454. The largest absolute Gasteiger partial charge is 0.508 e. The number of nitrogens with one attached hydrogen (secondary N) is 1. The molecule has 0 unspecified atom stereocenters. The maximum Gasteiger partial charge on any atom is 0.356 e. The Balaban J connectivity index is 2.58. The van der Waals surface area contributed by atoms with E-state index in [-0.39, 0.29) is 17.1 Å². The Morgan fingerprint density at radius 1 is 1.24 bits per heavy atom. The third-order valence-electron chi connectivity index (χ3n) is 2.15. The second-order valence-corrected chi connectivity index (χ2v) is 3.32. The first-order chi connectivity index (χ1) is 8.08. The molecule has 1 heterocycles. The molecule has 0 aliphatic rings. The van der Waals surface area contributed by atoms with Gasteiger partial charge >= 0.3 is 5.97 Å². The highest BCUT2D eigenvalue weighted by Crippen LogP contribution is 2.17. The standard InChI is InChI=1S/C11H8N2O4/c14-7-3-1-6(2-4-7)9-10(15)12-5-8(13-9)11(16)17/h1-5,14H,(H,12,15)(H,16,17). The van der Waals surface area contributed by atoms with Crippen molar-refractivity contribution in [2.75, 3.05) is 0 Å². The lowest BCUT2D eigenvalue weighted by molar-refractivity contribution is 0.0690. The molecule has 0 amide bonds. The Morgan fingerprint density at radius 2 is 1.88 bits per heavy atom. The van der Waals surface area contributed by atoms with E-state index >= 15 is 0 Å². The molecule has 1 aromatic carbocycles. The lowest BCUT2D eigenvalue weighted by Gasteiger charge is -2.01. The van der Waals surface area contributed by atoms with Crippen LogP contribution in [0.3, 0.4) is 0 Å². The van der Waals surface area contributed by atoms with Crippen LogP contribution in [0.25, 0.3) is 11.3 Å². The van der Waals surface area contributed by atoms with Crippen molar-refractivity contribution in [2.45, 2.75) is 0 Å². The third-order valence-corrected chi connectivity index (χ3v) is 2.15. The van der Waals surface area contributed by atoms with Crippen LogP contribution >= 0.6 is 0 Å². The van der Waals surface area contributed by atoms with Crippen molar-refractivity contribution in [3.8, 4) is 17.0 Å². The quantitative estimate of drug-likeness (QED) is 0.711. The number of aromatic nitrogens is 2. The number of carboxylic acid groups (broad SMARTS) is 1. The highest BCUT2D eigenvalue weighted by Gasteiger charge is 2.10. The van der Waals surface area contributed by atoms with Gasteiger partial charge in [-0.25, -0.2) is 9.78 Å². The van der Waals surface area contributed by atoms with Crippen LogP contribution in [0.15, 0.2) is 35.3 Å². The second kappa shape index (κ2) is 4.09. The molecule has 0 fully saturated rings. The first-order valence-corrected chi connectivity index (χ1v) is 4.70. The number of nitrogens with zero attached hydrogens (tertiary/aromatic N) is 1. The Bertz CT molecular complexity index is 616. The van der Waals surface area contributed by atoms with Gasteiger partial charge in [0.25, 0.3) is 5.56 Å². The molecule has 0 saturated carbocycles. The Kier molecular flexibility index (Phi) is 2.61. The molecule has 0 saturated heterocycles. The molecule has 0 spiro atoms. The number of aromatic amines is 1. The average molecular weight is 232 g/mol. The lowest BCUT2D eigenvalue weighted by atomic mass is 10.1. The number of aromatic carboxylic acids is 1. The molecule has 0 atom stereocenters. The van der Waals surface area contributed by atoms with Crippen molar-refractivity contribution in [1.29, 1.82) is 0 Å². The number of carboxylic acids is 1. The van der Waals surface area contributed by atoms with Crippen molar-refractivity contribution >= 4 is 5.97 Å². The van der Waals surface area contributed by atoms with E-state index in [1.807, 2.05) is 0 Å². The van der Waals surface area contributed by atoms with Crippen LogP contribution in [0.1, 0.15) is 10.5 Å². The highest BCUT2D eigenvalue weighted by atomic mass is 16.4. The predicted octanol–water partition coefficient (Wildman–Crippen LogP) is 0.841. The van der Waals surface area contributed by atoms with E-state index in [0.717, 1.165) is 6.20 Å². The van der Waals surface area contributed by atoms with Gasteiger partial charge in [-0.2, -0.15) is 0 Å². The Morgan fingerprint density at radius 3 is 2.47 bits per heavy atom. The number of rotatable bonds is 2. The van der Waals surface area contributed by atoms with Gasteiger partial charge in [-0.05, 0) is 24.3 Å². The zero-order valence-electron chi connectivity index (χ0n) is 8.54. The first-order valence-electron chi connectivity index (χ1n) is 4.70. The van der Waals surface area contributed by atoms with Crippen LogP contribution in [0.4, 0.5) is 0 Å². The van der Waals surface area contributed by atoms with Crippen molar-refractivity contribution in [1.82, 2.24) is 9.97 Å². The van der Waals surface area contributed by atoms with Crippen LogP contribution in [0.5, 0.6) is 5.75 Å². The molecule has 0 aliphatic carbocycles. The van der Waals surface area contributed by atoms with E-state index in [4.69, 9.17) is 10.2 Å².